The topological polar surface area (TPSA) is 84.2 Å². The van der Waals surface area contributed by atoms with Gasteiger partial charge in [0.2, 0.25) is 0 Å². The highest BCUT2D eigenvalue weighted by molar-refractivity contribution is 5.99. The maximum Gasteiger partial charge on any atom is 0.573 e. The van der Waals surface area contributed by atoms with Crippen molar-refractivity contribution in [2.24, 2.45) is 5.92 Å². The van der Waals surface area contributed by atoms with E-state index in [0.29, 0.717) is 43.3 Å². The van der Waals surface area contributed by atoms with Crippen molar-refractivity contribution in [2.45, 2.75) is 56.7 Å². The molecule has 1 aliphatic heterocycles. The number of ether oxygens (including phenoxy) is 1. The van der Waals surface area contributed by atoms with Gasteiger partial charge < -0.3 is 20.4 Å². The van der Waals surface area contributed by atoms with Crippen LogP contribution in [0.3, 0.4) is 0 Å². The third kappa shape index (κ3) is 3.96. The van der Waals surface area contributed by atoms with Crippen LogP contribution in [0.4, 0.5) is 23.2 Å². The number of nitrogens with one attached hydrogen (secondary N) is 1. The number of H-pyrrole nitrogens is 1. The van der Waals surface area contributed by atoms with Crippen molar-refractivity contribution in [2.75, 3.05) is 18.8 Å². The zero-order valence-electron chi connectivity index (χ0n) is 19.5. The highest BCUT2D eigenvalue weighted by Crippen LogP contribution is 2.49. The van der Waals surface area contributed by atoms with Gasteiger partial charge in [-0.05, 0) is 74.0 Å². The van der Waals surface area contributed by atoms with E-state index in [1.807, 2.05) is 0 Å². The Labute approximate surface area is 204 Å². The molecule has 2 aliphatic carbocycles. The van der Waals surface area contributed by atoms with E-state index in [-0.39, 0.29) is 28.9 Å². The van der Waals surface area contributed by atoms with Gasteiger partial charge in [0.05, 0.1) is 11.8 Å². The number of rotatable bonds is 3. The summed E-state index contributed by atoms with van der Waals surface area (Å²) in [5.74, 6) is -0.0521. The number of hydrogen-bond donors (Lipinski definition) is 2. The lowest BCUT2D eigenvalue weighted by atomic mass is 9.82. The number of amides is 1. The molecule has 3 aliphatic rings. The summed E-state index contributed by atoms with van der Waals surface area (Å²) in [5.41, 5.74) is 9.79. The van der Waals surface area contributed by atoms with Crippen molar-refractivity contribution in [1.29, 1.82) is 0 Å². The number of aromatic amines is 1. The van der Waals surface area contributed by atoms with Crippen LogP contribution in [0.5, 0.6) is 5.75 Å². The third-order valence-electron chi connectivity index (χ3n) is 8.07. The number of halogens is 4. The van der Waals surface area contributed by atoms with Gasteiger partial charge in [-0.3, -0.25) is 4.79 Å². The van der Waals surface area contributed by atoms with Gasteiger partial charge in [-0.1, -0.05) is 0 Å². The first kappa shape index (κ1) is 23.1. The van der Waals surface area contributed by atoms with Crippen LogP contribution < -0.4 is 10.5 Å². The molecule has 2 bridgehead atoms. The number of fused-ring (bicyclic) bond motifs is 6. The summed E-state index contributed by atoms with van der Waals surface area (Å²) < 4.78 is 56.5. The number of nitrogens with two attached hydrogens (primary N) is 1. The van der Waals surface area contributed by atoms with Crippen LogP contribution in [-0.2, 0) is 6.42 Å². The number of carbonyl (C=O) groups is 1. The molecule has 0 spiro atoms. The van der Waals surface area contributed by atoms with E-state index in [4.69, 9.17) is 5.73 Å². The number of likely N-dealkylation sites (tertiary alicyclic amines) is 1. The van der Waals surface area contributed by atoms with Crippen molar-refractivity contribution in [3.8, 4) is 5.75 Å². The SMILES string of the molecule is Nc1cc(OC(F)(F)F)ccc1C(=O)N1CCC(c2c(F)cnc3[nH]c4c(c23)CC2CCC4C2)CC1. The fourth-order valence-corrected chi connectivity index (χ4v) is 6.49. The van der Waals surface area contributed by atoms with Crippen LogP contribution in [0.2, 0.25) is 0 Å². The second kappa shape index (κ2) is 8.38. The smallest absolute Gasteiger partial charge is 0.406 e. The molecule has 2 atom stereocenters. The van der Waals surface area contributed by atoms with E-state index in [2.05, 4.69) is 14.7 Å². The standard InChI is InChI=1S/C26H26F4N4O2/c27-19-12-32-24-22(18-10-13-1-2-15(9-13)23(18)33-24)21(19)14-5-7-34(8-6-14)25(35)17-4-3-16(11-20(17)31)36-26(28,29)30/h3-4,11-15H,1-2,5-10,31H2,(H,32,33). The van der Waals surface area contributed by atoms with E-state index < -0.39 is 12.1 Å². The molecule has 10 heteroatoms. The van der Waals surface area contributed by atoms with Crippen LogP contribution >= 0.6 is 0 Å². The molecule has 2 unspecified atom stereocenters. The number of anilines is 1. The molecular weight excluding hydrogens is 476 g/mol. The largest absolute Gasteiger partial charge is 0.573 e. The average Bonchev–Trinajstić information content (AvgIpc) is 3.40. The summed E-state index contributed by atoms with van der Waals surface area (Å²) in [6.07, 6.45) is 2.11. The van der Waals surface area contributed by atoms with E-state index >= 15 is 4.39 Å². The number of nitrogens with zero attached hydrogens (tertiary/aromatic N) is 2. The molecule has 2 fully saturated rings. The molecule has 1 amide bonds. The van der Waals surface area contributed by atoms with Gasteiger partial charge in [0, 0.05) is 41.5 Å². The van der Waals surface area contributed by atoms with Gasteiger partial charge in [-0.15, -0.1) is 13.2 Å². The lowest BCUT2D eigenvalue weighted by Gasteiger charge is -2.33. The van der Waals surface area contributed by atoms with Gasteiger partial charge >= 0.3 is 6.36 Å². The van der Waals surface area contributed by atoms with Gasteiger partial charge in [-0.2, -0.15) is 0 Å². The second-order valence-electron chi connectivity index (χ2n) is 10.2. The molecule has 6 nitrogen and oxygen atoms in total. The van der Waals surface area contributed by atoms with Gasteiger partial charge in [0.1, 0.15) is 17.2 Å². The molecular formula is C26H26F4N4O2. The van der Waals surface area contributed by atoms with Crippen LogP contribution in [0.1, 0.15) is 71.1 Å². The Balaban J connectivity index is 1.22. The summed E-state index contributed by atoms with van der Waals surface area (Å²) in [5, 5.41) is 0.927. The fourth-order valence-electron chi connectivity index (χ4n) is 6.49. The Morgan fingerprint density at radius 1 is 1.14 bits per heavy atom. The predicted octanol–water partition coefficient (Wildman–Crippen LogP) is 5.64. The molecule has 3 heterocycles. The Morgan fingerprint density at radius 3 is 2.64 bits per heavy atom. The van der Waals surface area contributed by atoms with Crippen LogP contribution in [0.25, 0.3) is 11.0 Å². The maximum absolute atomic E-state index is 15.2. The predicted molar refractivity (Wildman–Crippen MR) is 125 cm³/mol. The minimum absolute atomic E-state index is 0.0565. The number of piperidine rings is 1. The van der Waals surface area contributed by atoms with Gasteiger partial charge in [0.25, 0.3) is 5.91 Å². The molecule has 190 valence electrons. The highest BCUT2D eigenvalue weighted by atomic mass is 19.4. The van der Waals surface area contributed by atoms with Crippen molar-refractivity contribution in [3.05, 3.63) is 52.6 Å². The van der Waals surface area contributed by atoms with Crippen LogP contribution in [0, 0.1) is 11.7 Å². The van der Waals surface area contributed by atoms with Crippen molar-refractivity contribution in [3.63, 3.8) is 0 Å². The normalized spacial score (nSPS) is 22.2. The van der Waals surface area contributed by atoms with E-state index in [9.17, 15) is 18.0 Å². The first-order valence-corrected chi connectivity index (χ1v) is 12.3. The highest BCUT2D eigenvalue weighted by Gasteiger charge is 2.38. The summed E-state index contributed by atoms with van der Waals surface area (Å²) in [7, 11) is 0. The summed E-state index contributed by atoms with van der Waals surface area (Å²) in [6, 6.07) is 3.32. The average molecular weight is 503 g/mol. The summed E-state index contributed by atoms with van der Waals surface area (Å²) in [4.78, 5) is 22.5. The molecule has 3 aromatic rings. The summed E-state index contributed by atoms with van der Waals surface area (Å²) in [6.45, 7) is 0.787. The minimum atomic E-state index is -4.84. The Morgan fingerprint density at radius 2 is 1.92 bits per heavy atom. The van der Waals surface area contributed by atoms with Gasteiger partial charge in [0.15, 0.2) is 0 Å². The van der Waals surface area contributed by atoms with Crippen molar-refractivity contribution >= 4 is 22.6 Å². The first-order chi connectivity index (χ1) is 17.2. The number of carbonyl (C=O) groups excluding carboxylic acids is 1. The molecule has 2 aromatic heterocycles. The number of nitrogen functional groups attached to an aromatic ring is 1. The lowest BCUT2D eigenvalue weighted by Crippen LogP contribution is -2.38. The number of pyridine rings is 1. The molecule has 3 N–H and O–H groups in total. The molecule has 6 rings (SSSR count). The Bertz CT molecular complexity index is 1340. The van der Waals surface area contributed by atoms with Crippen molar-refractivity contribution in [1.82, 2.24) is 14.9 Å². The molecule has 0 radical (unpaired) electrons. The molecule has 36 heavy (non-hydrogen) atoms. The molecule has 1 saturated carbocycles. The first-order valence-electron chi connectivity index (χ1n) is 12.3. The summed E-state index contributed by atoms with van der Waals surface area (Å²) >= 11 is 0. The minimum Gasteiger partial charge on any atom is -0.406 e. The number of alkyl halides is 3. The van der Waals surface area contributed by atoms with Crippen LogP contribution in [0.15, 0.2) is 24.4 Å². The zero-order chi connectivity index (χ0) is 25.2. The molecule has 1 saturated heterocycles. The fraction of sp³-hybridized carbons (Fsp3) is 0.462. The van der Waals surface area contributed by atoms with Crippen molar-refractivity contribution < 1.29 is 27.1 Å². The van der Waals surface area contributed by atoms with Crippen LogP contribution in [-0.4, -0.2) is 40.2 Å². The number of hydrogen-bond acceptors (Lipinski definition) is 4. The van der Waals surface area contributed by atoms with E-state index in [1.165, 1.54) is 36.4 Å². The zero-order valence-corrected chi connectivity index (χ0v) is 19.5. The van der Waals surface area contributed by atoms with E-state index in [1.54, 1.807) is 4.90 Å². The quantitative estimate of drug-likeness (QED) is 0.359. The Kier molecular flexibility index (Phi) is 5.38. The number of aromatic nitrogens is 2. The third-order valence-corrected chi connectivity index (χ3v) is 8.07. The maximum atomic E-state index is 15.2. The van der Waals surface area contributed by atoms with Gasteiger partial charge in [-0.25, -0.2) is 9.37 Å². The Hall–Kier alpha value is -3.30. The monoisotopic (exact) mass is 502 g/mol. The number of benzene rings is 1. The second-order valence-corrected chi connectivity index (χ2v) is 10.2. The van der Waals surface area contributed by atoms with E-state index in [0.717, 1.165) is 36.0 Å². The lowest BCUT2D eigenvalue weighted by molar-refractivity contribution is -0.274. The molecule has 1 aromatic carbocycles.